The van der Waals surface area contributed by atoms with E-state index < -0.39 is 97.5 Å². The molecule has 516 valence electrons. The molecule has 0 fully saturated rings. The molecule has 19 heteroatoms. The Labute approximate surface area is 530 Å². The number of esters is 4. The first-order valence-electron chi connectivity index (χ1n) is 35.6. The van der Waals surface area contributed by atoms with E-state index in [1.807, 2.05) is 0 Å². The second kappa shape index (κ2) is 61.6. The number of aliphatic hydroxyl groups is 1. The maximum atomic E-state index is 13.0. The molecule has 17 nitrogen and oxygen atoms in total. The van der Waals surface area contributed by atoms with Gasteiger partial charge in [0.15, 0.2) is 12.2 Å². The number of carbonyl (C=O) groups is 4. The molecule has 0 rings (SSSR count). The average molecular weight is 1280 g/mol. The van der Waals surface area contributed by atoms with Crippen molar-refractivity contribution < 1.29 is 80.2 Å². The third-order valence-electron chi connectivity index (χ3n) is 15.8. The SMILES string of the molecule is CCCCCCCCCCCCCCCCCCCC(=O)O[C@H](COC(=O)CCCCCCCCCCCCCC)COP(=O)(O)OC[C@@H](O)COP(=O)(O)OC[C@@H](COC(=O)CCCCCCCCCC)OC(=O)CCCCCCCCCC(C)C. The standard InChI is InChI=1S/C68H132O17P2/c1-6-9-12-15-18-21-23-25-26-27-28-29-31-33-38-43-48-53-67(72)84-63(58-79-66(71)52-47-42-37-32-30-24-22-19-16-13-10-7-2)59-82-86(74,75)80-55-62(69)56-81-87(76,77)83-60-64(57-78-65(70)51-46-41-36-20-17-14-11-8-3)85-68(73)54-49-44-39-34-35-40-45-50-61(4)5/h61-64,69H,6-60H2,1-5H3,(H,74,75)(H,76,77)/t62-,63-,64-/m1/s1. The van der Waals surface area contributed by atoms with Gasteiger partial charge in [-0.15, -0.1) is 0 Å². The predicted octanol–water partition coefficient (Wildman–Crippen LogP) is 19.4. The Bertz CT molecular complexity index is 1690. The van der Waals surface area contributed by atoms with Gasteiger partial charge in [0.25, 0.3) is 0 Å². The van der Waals surface area contributed by atoms with Gasteiger partial charge in [-0.2, -0.15) is 0 Å². The molecule has 0 aliphatic heterocycles. The highest BCUT2D eigenvalue weighted by Gasteiger charge is 2.30. The summed E-state index contributed by atoms with van der Waals surface area (Å²) in [6, 6.07) is 0. The van der Waals surface area contributed by atoms with Gasteiger partial charge in [-0.3, -0.25) is 37.3 Å². The van der Waals surface area contributed by atoms with E-state index in [0.29, 0.717) is 31.6 Å². The summed E-state index contributed by atoms with van der Waals surface area (Å²) < 4.78 is 68.1. The Kier molecular flexibility index (Phi) is 60.2. The number of ether oxygens (including phenoxy) is 4. The van der Waals surface area contributed by atoms with Gasteiger partial charge in [-0.05, 0) is 31.6 Å². The van der Waals surface area contributed by atoms with E-state index in [4.69, 9.17) is 37.0 Å². The van der Waals surface area contributed by atoms with Gasteiger partial charge in [0.05, 0.1) is 26.4 Å². The van der Waals surface area contributed by atoms with E-state index in [2.05, 4.69) is 34.6 Å². The highest BCUT2D eigenvalue weighted by Crippen LogP contribution is 2.45. The number of hydrogen-bond acceptors (Lipinski definition) is 15. The van der Waals surface area contributed by atoms with Crippen LogP contribution < -0.4 is 0 Å². The van der Waals surface area contributed by atoms with Crippen molar-refractivity contribution in [2.24, 2.45) is 5.92 Å². The van der Waals surface area contributed by atoms with Gasteiger partial charge >= 0.3 is 39.5 Å². The van der Waals surface area contributed by atoms with Crippen molar-refractivity contribution in [2.75, 3.05) is 39.6 Å². The van der Waals surface area contributed by atoms with Crippen LogP contribution in [0.3, 0.4) is 0 Å². The molecule has 0 aromatic rings. The minimum absolute atomic E-state index is 0.104. The lowest BCUT2D eigenvalue weighted by Gasteiger charge is -2.21. The van der Waals surface area contributed by atoms with Crippen LogP contribution >= 0.6 is 15.6 Å². The molecule has 0 aromatic carbocycles. The molecule has 2 unspecified atom stereocenters. The largest absolute Gasteiger partial charge is 0.472 e. The molecular formula is C68H132O17P2. The average Bonchev–Trinajstić information content (AvgIpc) is 3.53. The lowest BCUT2D eigenvalue weighted by Crippen LogP contribution is -2.30. The molecule has 0 saturated heterocycles. The monoisotopic (exact) mass is 1280 g/mol. The van der Waals surface area contributed by atoms with Crippen LogP contribution in [-0.2, 0) is 65.4 Å². The molecule has 0 amide bonds. The van der Waals surface area contributed by atoms with Gasteiger partial charge in [-0.25, -0.2) is 9.13 Å². The minimum Gasteiger partial charge on any atom is -0.462 e. The molecule has 0 aliphatic rings. The topological polar surface area (TPSA) is 237 Å². The molecule has 0 radical (unpaired) electrons. The number of aliphatic hydroxyl groups excluding tert-OH is 1. The fourth-order valence-electron chi connectivity index (χ4n) is 10.3. The van der Waals surface area contributed by atoms with Gasteiger partial charge in [0, 0.05) is 25.7 Å². The first-order valence-corrected chi connectivity index (χ1v) is 38.6. The summed E-state index contributed by atoms with van der Waals surface area (Å²) in [5.74, 6) is -1.43. The molecule has 5 atom stereocenters. The first kappa shape index (κ1) is 85.1. The van der Waals surface area contributed by atoms with Gasteiger partial charge < -0.3 is 33.8 Å². The zero-order valence-corrected chi connectivity index (χ0v) is 57.9. The van der Waals surface area contributed by atoms with Crippen molar-refractivity contribution in [2.45, 2.75) is 368 Å². The number of phosphoric ester groups is 2. The maximum absolute atomic E-state index is 13.0. The van der Waals surface area contributed by atoms with Gasteiger partial charge in [-0.1, -0.05) is 298 Å². The number of rotatable bonds is 68. The van der Waals surface area contributed by atoms with Crippen LogP contribution in [-0.4, -0.2) is 96.7 Å². The first-order chi connectivity index (χ1) is 42.0. The van der Waals surface area contributed by atoms with Crippen molar-refractivity contribution >= 4 is 39.5 Å². The predicted molar refractivity (Wildman–Crippen MR) is 349 cm³/mol. The van der Waals surface area contributed by atoms with E-state index >= 15 is 0 Å². The Morgan fingerprint density at radius 3 is 0.782 bits per heavy atom. The van der Waals surface area contributed by atoms with Crippen molar-refractivity contribution in [1.29, 1.82) is 0 Å². The van der Waals surface area contributed by atoms with Crippen LogP contribution in [0.5, 0.6) is 0 Å². The lowest BCUT2D eigenvalue weighted by molar-refractivity contribution is -0.161. The molecule has 0 aliphatic carbocycles. The van der Waals surface area contributed by atoms with Crippen molar-refractivity contribution in [3.8, 4) is 0 Å². The van der Waals surface area contributed by atoms with Crippen molar-refractivity contribution in [3.63, 3.8) is 0 Å². The number of phosphoric acid groups is 2. The zero-order valence-electron chi connectivity index (χ0n) is 56.2. The second-order valence-electron chi connectivity index (χ2n) is 25.0. The summed E-state index contributed by atoms with van der Waals surface area (Å²) in [7, 11) is -9.89. The number of unbranched alkanes of at least 4 members (excludes halogenated alkanes) is 40. The third-order valence-corrected chi connectivity index (χ3v) is 17.7. The molecule has 0 heterocycles. The van der Waals surface area contributed by atoms with E-state index in [9.17, 15) is 43.2 Å². The molecule has 0 bridgehead atoms. The molecule has 87 heavy (non-hydrogen) atoms. The molecule has 0 aromatic heterocycles. The van der Waals surface area contributed by atoms with Crippen LogP contribution in [0, 0.1) is 5.92 Å². The van der Waals surface area contributed by atoms with Crippen LogP contribution in [0.1, 0.15) is 349 Å². The van der Waals surface area contributed by atoms with Crippen LogP contribution in [0.2, 0.25) is 0 Å². The fourth-order valence-corrected chi connectivity index (χ4v) is 11.9. The Hall–Kier alpha value is -1.94. The Morgan fingerprint density at radius 2 is 0.529 bits per heavy atom. The summed E-state index contributed by atoms with van der Waals surface area (Å²) in [5, 5.41) is 10.6. The molecule has 0 spiro atoms. The Morgan fingerprint density at radius 1 is 0.310 bits per heavy atom. The lowest BCUT2D eigenvalue weighted by atomic mass is 10.0. The number of carbonyl (C=O) groups excluding carboxylic acids is 4. The van der Waals surface area contributed by atoms with E-state index in [0.717, 1.165) is 96.3 Å². The highest BCUT2D eigenvalue weighted by molar-refractivity contribution is 7.47. The fraction of sp³-hybridized carbons (Fsp3) is 0.941. The maximum Gasteiger partial charge on any atom is 0.472 e. The van der Waals surface area contributed by atoms with E-state index in [1.54, 1.807) is 0 Å². The third kappa shape index (κ3) is 62.6. The smallest absolute Gasteiger partial charge is 0.462 e. The van der Waals surface area contributed by atoms with Crippen LogP contribution in [0.4, 0.5) is 0 Å². The molecular weight excluding hydrogens is 1150 g/mol. The summed E-state index contributed by atoms with van der Waals surface area (Å²) in [4.78, 5) is 72.3. The summed E-state index contributed by atoms with van der Waals surface area (Å²) in [5.41, 5.74) is 0. The van der Waals surface area contributed by atoms with Crippen LogP contribution in [0.15, 0.2) is 0 Å². The number of hydrogen-bond donors (Lipinski definition) is 3. The Balaban J connectivity index is 5.20. The van der Waals surface area contributed by atoms with E-state index in [-0.39, 0.29) is 25.7 Å². The van der Waals surface area contributed by atoms with Crippen molar-refractivity contribution in [1.82, 2.24) is 0 Å². The second-order valence-corrected chi connectivity index (χ2v) is 27.9. The molecule has 3 N–H and O–H groups in total. The zero-order chi connectivity index (χ0) is 64.2. The van der Waals surface area contributed by atoms with Gasteiger partial charge in [0.2, 0.25) is 0 Å². The minimum atomic E-state index is -4.95. The van der Waals surface area contributed by atoms with Gasteiger partial charge in [0.1, 0.15) is 19.3 Å². The van der Waals surface area contributed by atoms with E-state index in [1.165, 1.54) is 167 Å². The summed E-state index contributed by atoms with van der Waals surface area (Å²) >= 11 is 0. The van der Waals surface area contributed by atoms with Crippen molar-refractivity contribution in [3.05, 3.63) is 0 Å². The quantitative estimate of drug-likeness (QED) is 0.0222. The van der Waals surface area contributed by atoms with Crippen LogP contribution in [0.25, 0.3) is 0 Å². The summed E-state index contributed by atoms with van der Waals surface area (Å²) in [6.07, 6.45) is 47.3. The summed E-state index contributed by atoms with van der Waals surface area (Å²) in [6.45, 7) is 7.14. The molecule has 0 saturated carbocycles. The highest BCUT2D eigenvalue weighted by atomic mass is 31.2. The normalized spacial score (nSPS) is 14.1.